The lowest BCUT2D eigenvalue weighted by Crippen LogP contribution is -2.23. The molecule has 1 saturated heterocycles. The van der Waals surface area contributed by atoms with Gasteiger partial charge in [-0.15, -0.1) is 0 Å². The zero-order chi connectivity index (χ0) is 17.3. The fourth-order valence-electron chi connectivity index (χ4n) is 2.50. The van der Waals surface area contributed by atoms with Crippen molar-refractivity contribution in [1.82, 2.24) is 4.90 Å². The highest BCUT2D eigenvalue weighted by molar-refractivity contribution is 8.18. The molecule has 0 aromatic heterocycles. The van der Waals surface area contributed by atoms with Crippen molar-refractivity contribution in [2.75, 3.05) is 7.05 Å². The molecule has 2 aromatic carbocycles. The summed E-state index contributed by atoms with van der Waals surface area (Å²) in [7, 11) is 1.73. The van der Waals surface area contributed by atoms with Gasteiger partial charge in [0.1, 0.15) is 5.75 Å². The third-order valence-electron chi connectivity index (χ3n) is 3.82. The van der Waals surface area contributed by atoms with E-state index < -0.39 is 0 Å². The Hall–Kier alpha value is -2.53. The lowest BCUT2D eigenvalue weighted by atomic mass is 10.1. The van der Waals surface area contributed by atoms with E-state index >= 15 is 0 Å². The van der Waals surface area contributed by atoms with Crippen molar-refractivity contribution in [3.8, 4) is 5.75 Å². The number of likely N-dealkylation sites (N-methyl/N-ethyl adjacent to an activating group) is 1. The minimum absolute atomic E-state index is 0.0895. The number of amidine groups is 1. The molecule has 0 radical (unpaired) electrons. The number of rotatable bonds is 2. The number of thioether (sulfide) groups is 1. The number of carbonyl (C=O) groups is 1. The molecule has 5 heteroatoms. The monoisotopic (exact) mass is 338 g/mol. The number of aromatic hydroxyl groups is 1. The summed E-state index contributed by atoms with van der Waals surface area (Å²) >= 11 is 1.35. The van der Waals surface area contributed by atoms with Crippen LogP contribution < -0.4 is 0 Å². The van der Waals surface area contributed by atoms with Crippen LogP contribution in [0.1, 0.15) is 16.7 Å². The van der Waals surface area contributed by atoms with Crippen molar-refractivity contribution in [1.29, 1.82) is 0 Å². The van der Waals surface area contributed by atoms with Gasteiger partial charge in [-0.05, 0) is 60.5 Å². The van der Waals surface area contributed by atoms with Gasteiger partial charge in [0.15, 0.2) is 5.17 Å². The molecule has 3 rings (SSSR count). The van der Waals surface area contributed by atoms with Crippen molar-refractivity contribution in [3.63, 3.8) is 0 Å². The molecule has 0 aliphatic carbocycles. The molecule has 1 aliphatic heterocycles. The van der Waals surface area contributed by atoms with Gasteiger partial charge in [0.05, 0.1) is 10.6 Å². The first kappa shape index (κ1) is 16.3. The first-order valence-electron chi connectivity index (χ1n) is 7.57. The van der Waals surface area contributed by atoms with E-state index in [0.29, 0.717) is 10.1 Å². The van der Waals surface area contributed by atoms with Crippen LogP contribution in [0, 0.1) is 13.8 Å². The van der Waals surface area contributed by atoms with E-state index in [2.05, 4.69) is 0 Å². The Morgan fingerprint density at radius 2 is 1.79 bits per heavy atom. The van der Waals surface area contributed by atoms with Crippen molar-refractivity contribution in [2.45, 2.75) is 13.8 Å². The number of aliphatic imine (C=N–C) groups is 1. The number of carbonyl (C=O) groups excluding carboxylic acids is 1. The average Bonchev–Trinajstić information content (AvgIpc) is 2.79. The van der Waals surface area contributed by atoms with Gasteiger partial charge in [-0.2, -0.15) is 0 Å². The predicted molar refractivity (Wildman–Crippen MR) is 99.5 cm³/mol. The van der Waals surface area contributed by atoms with Gasteiger partial charge >= 0.3 is 0 Å². The maximum Gasteiger partial charge on any atom is 0.266 e. The van der Waals surface area contributed by atoms with Crippen LogP contribution >= 0.6 is 11.8 Å². The van der Waals surface area contributed by atoms with Crippen molar-refractivity contribution < 1.29 is 9.90 Å². The van der Waals surface area contributed by atoms with Crippen LogP contribution in [0.15, 0.2) is 52.4 Å². The van der Waals surface area contributed by atoms with Gasteiger partial charge in [-0.3, -0.25) is 9.69 Å². The van der Waals surface area contributed by atoms with Crippen molar-refractivity contribution in [2.24, 2.45) is 4.99 Å². The molecule has 122 valence electrons. The second-order valence-corrected chi connectivity index (χ2v) is 6.71. The Labute approximate surface area is 145 Å². The Morgan fingerprint density at radius 3 is 2.46 bits per heavy atom. The normalized spacial score (nSPS) is 18.0. The molecular formula is C19H18N2O2S. The van der Waals surface area contributed by atoms with Crippen LogP contribution in [0.25, 0.3) is 6.08 Å². The summed E-state index contributed by atoms with van der Waals surface area (Å²) in [5, 5.41) is 10.2. The molecule has 0 atom stereocenters. The molecule has 0 saturated carbocycles. The summed E-state index contributed by atoms with van der Waals surface area (Å²) in [5.41, 5.74) is 3.84. The van der Waals surface area contributed by atoms with Crippen LogP contribution in [-0.2, 0) is 4.79 Å². The first-order chi connectivity index (χ1) is 11.5. The quantitative estimate of drug-likeness (QED) is 0.833. The molecule has 1 fully saturated rings. The van der Waals surface area contributed by atoms with E-state index in [1.807, 2.05) is 38.1 Å². The summed E-state index contributed by atoms with van der Waals surface area (Å²) in [6.07, 6.45) is 1.77. The minimum Gasteiger partial charge on any atom is -0.508 e. The van der Waals surface area contributed by atoms with E-state index in [-0.39, 0.29) is 11.7 Å². The molecule has 1 amide bonds. The molecule has 1 heterocycles. The maximum absolute atomic E-state index is 12.5. The maximum atomic E-state index is 12.5. The number of aryl methyl sites for hydroxylation is 2. The first-order valence-corrected chi connectivity index (χ1v) is 8.39. The molecule has 0 unspecified atom stereocenters. The van der Waals surface area contributed by atoms with E-state index in [1.54, 1.807) is 36.2 Å². The smallest absolute Gasteiger partial charge is 0.266 e. The van der Waals surface area contributed by atoms with Gasteiger partial charge in [-0.1, -0.05) is 30.3 Å². The molecular weight excluding hydrogens is 320 g/mol. The second kappa shape index (κ2) is 6.53. The summed E-state index contributed by atoms with van der Waals surface area (Å²) in [6.45, 7) is 4.02. The molecule has 1 N–H and O–H groups in total. The number of phenolic OH excluding ortho intramolecular Hbond substituents is 1. The fraction of sp³-hybridized carbons (Fsp3) is 0.158. The number of benzene rings is 2. The Bertz CT molecular complexity index is 851. The van der Waals surface area contributed by atoms with Gasteiger partial charge in [0.25, 0.3) is 5.91 Å². The second-order valence-electron chi connectivity index (χ2n) is 5.70. The van der Waals surface area contributed by atoms with Crippen LogP contribution in [0.3, 0.4) is 0 Å². The standard InChI is InChI=1S/C19H18N2O2S/c1-12-6-4-7-13(2)17(12)20-19-21(3)18(23)16(24-19)11-14-8-5-9-15(22)10-14/h4-11,22H,1-3H3. The molecule has 1 aliphatic rings. The topological polar surface area (TPSA) is 52.9 Å². The number of para-hydroxylation sites is 1. The van der Waals surface area contributed by atoms with Gasteiger partial charge < -0.3 is 5.11 Å². The van der Waals surface area contributed by atoms with Crippen LogP contribution in [0.2, 0.25) is 0 Å². The molecule has 0 bridgehead atoms. The van der Waals surface area contributed by atoms with Gasteiger partial charge in [0, 0.05) is 7.05 Å². The SMILES string of the molecule is Cc1cccc(C)c1N=C1SC(=Cc2cccc(O)c2)C(=O)N1C. The van der Waals surface area contributed by atoms with Crippen molar-refractivity contribution >= 4 is 34.6 Å². The number of hydrogen-bond acceptors (Lipinski definition) is 4. The molecule has 4 nitrogen and oxygen atoms in total. The van der Waals surface area contributed by atoms with Crippen molar-refractivity contribution in [3.05, 3.63) is 64.1 Å². The number of phenols is 1. The highest BCUT2D eigenvalue weighted by atomic mass is 32.2. The zero-order valence-electron chi connectivity index (χ0n) is 13.8. The Balaban J connectivity index is 1.96. The number of amides is 1. The summed E-state index contributed by atoms with van der Waals surface area (Å²) in [6, 6.07) is 12.8. The van der Waals surface area contributed by atoms with E-state index in [1.165, 1.54) is 11.8 Å². The summed E-state index contributed by atoms with van der Waals surface area (Å²) < 4.78 is 0. The fourth-order valence-corrected chi connectivity index (χ4v) is 3.47. The average molecular weight is 338 g/mol. The van der Waals surface area contributed by atoms with Crippen LogP contribution in [0.4, 0.5) is 5.69 Å². The Kier molecular flexibility index (Phi) is 4.44. The minimum atomic E-state index is -0.0895. The van der Waals surface area contributed by atoms with E-state index in [0.717, 1.165) is 22.4 Å². The predicted octanol–water partition coefficient (Wildman–Crippen LogP) is 4.24. The highest BCUT2D eigenvalue weighted by Crippen LogP contribution is 2.34. The highest BCUT2D eigenvalue weighted by Gasteiger charge is 2.30. The lowest BCUT2D eigenvalue weighted by Gasteiger charge is -2.09. The third-order valence-corrected chi connectivity index (χ3v) is 4.88. The van der Waals surface area contributed by atoms with Crippen LogP contribution in [0.5, 0.6) is 5.75 Å². The van der Waals surface area contributed by atoms with E-state index in [4.69, 9.17) is 4.99 Å². The van der Waals surface area contributed by atoms with E-state index in [9.17, 15) is 9.90 Å². The number of nitrogens with zero attached hydrogens (tertiary/aromatic N) is 2. The lowest BCUT2D eigenvalue weighted by molar-refractivity contribution is -0.121. The summed E-state index contributed by atoms with van der Waals surface area (Å²) in [5.74, 6) is 0.0888. The summed E-state index contributed by atoms with van der Waals surface area (Å²) in [4.78, 5) is 19.3. The van der Waals surface area contributed by atoms with Gasteiger partial charge in [0.2, 0.25) is 0 Å². The third kappa shape index (κ3) is 3.21. The molecule has 2 aromatic rings. The van der Waals surface area contributed by atoms with Crippen LogP contribution in [-0.4, -0.2) is 28.1 Å². The zero-order valence-corrected chi connectivity index (χ0v) is 14.6. The molecule has 0 spiro atoms. The Morgan fingerprint density at radius 1 is 1.12 bits per heavy atom. The molecule has 24 heavy (non-hydrogen) atoms. The van der Waals surface area contributed by atoms with Gasteiger partial charge in [-0.25, -0.2) is 4.99 Å². The number of hydrogen-bond donors (Lipinski definition) is 1. The largest absolute Gasteiger partial charge is 0.508 e.